The summed E-state index contributed by atoms with van der Waals surface area (Å²) in [6, 6.07) is 16.8. The summed E-state index contributed by atoms with van der Waals surface area (Å²) in [5.74, 6) is 1.10. The summed E-state index contributed by atoms with van der Waals surface area (Å²) >= 11 is 0. The normalized spacial score (nSPS) is 19.0. The first-order valence-corrected chi connectivity index (χ1v) is 11.2. The second-order valence-corrected chi connectivity index (χ2v) is 9.24. The van der Waals surface area contributed by atoms with Crippen LogP contribution in [-0.2, 0) is 16.4 Å². The Morgan fingerprint density at radius 2 is 1.89 bits per heavy atom. The molecule has 2 N–H and O–H groups in total. The van der Waals surface area contributed by atoms with Crippen molar-refractivity contribution in [2.24, 2.45) is 4.99 Å². The molecule has 1 aliphatic rings. The van der Waals surface area contributed by atoms with Gasteiger partial charge in [-0.25, -0.2) is 13.4 Å². The van der Waals surface area contributed by atoms with Crippen LogP contribution >= 0.6 is 0 Å². The summed E-state index contributed by atoms with van der Waals surface area (Å²) in [6.07, 6.45) is 0.635. The van der Waals surface area contributed by atoms with E-state index in [2.05, 4.69) is 65.0 Å². The maximum atomic E-state index is 11.7. The summed E-state index contributed by atoms with van der Waals surface area (Å²) < 4.78 is 23.3. The Labute approximate surface area is 161 Å². The number of guanidine groups is 1. The van der Waals surface area contributed by atoms with Crippen molar-refractivity contribution in [3.05, 3.63) is 59.7 Å². The molecule has 0 radical (unpaired) electrons. The number of hydrogen-bond acceptors (Lipinski definition) is 3. The van der Waals surface area contributed by atoms with Gasteiger partial charge in [-0.3, -0.25) is 0 Å². The summed E-state index contributed by atoms with van der Waals surface area (Å²) in [4.78, 5) is 4.65. The highest BCUT2D eigenvalue weighted by Gasteiger charge is 2.28. The van der Waals surface area contributed by atoms with Gasteiger partial charge in [0, 0.05) is 12.6 Å². The molecule has 1 saturated heterocycles. The average Bonchev–Trinajstić information content (AvgIpc) is 2.98. The lowest BCUT2D eigenvalue weighted by Gasteiger charge is -2.16. The fourth-order valence-electron chi connectivity index (χ4n) is 3.27. The molecule has 0 aliphatic carbocycles. The summed E-state index contributed by atoms with van der Waals surface area (Å²) in [5.41, 5.74) is 4.72. The van der Waals surface area contributed by atoms with Crippen molar-refractivity contribution < 1.29 is 8.42 Å². The van der Waals surface area contributed by atoms with Crippen LogP contribution in [0.2, 0.25) is 0 Å². The third-order valence-corrected chi connectivity index (χ3v) is 6.38. The number of sulfone groups is 1. The molecule has 1 atom stereocenters. The van der Waals surface area contributed by atoms with Gasteiger partial charge in [-0.15, -0.1) is 0 Å². The van der Waals surface area contributed by atoms with E-state index in [0.29, 0.717) is 18.9 Å². The summed E-state index contributed by atoms with van der Waals surface area (Å²) in [7, 11) is -2.91. The average molecular weight is 386 g/mol. The minimum atomic E-state index is -2.91. The van der Waals surface area contributed by atoms with Gasteiger partial charge in [0.15, 0.2) is 15.8 Å². The van der Waals surface area contributed by atoms with Crippen molar-refractivity contribution in [2.45, 2.75) is 32.9 Å². The van der Waals surface area contributed by atoms with Gasteiger partial charge in [0.2, 0.25) is 0 Å². The lowest BCUT2D eigenvalue weighted by molar-refractivity contribution is 0.599. The Kier molecular flexibility index (Phi) is 6.16. The van der Waals surface area contributed by atoms with Crippen LogP contribution in [0.5, 0.6) is 0 Å². The topological polar surface area (TPSA) is 70.6 Å². The molecule has 27 heavy (non-hydrogen) atoms. The van der Waals surface area contributed by atoms with Gasteiger partial charge in [0.05, 0.1) is 18.1 Å². The van der Waals surface area contributed by atoms with E-state index in [1.165, 1.54) is 16.7 Å². The van der Waals surface area contributed by atoms with Crippen LogP contribution in [-0.4, -0.2) is 38.5 Å². The Morgan fingerprint density at radius 3 is 2.56 bits per heavy atom. The lowest BCUT2D eigenvalue weighted by Crippen LogP contribution is -2.44. The van der Waals surface area contributed by atoms with Crippen molar-refractivity contribution >= 4 is 15.8 Å². The summed E-state index contributed by atoms with van der Waals surface area (Å²) in [5, 5.41) is 6.46. The molecule has 2 aromatic rings. The molecule has 2 aromatic carbocycles. The zero-order valence-electron chi connectivity index (χ0n) is 15.9. The monoisotopic (exact) mass is 385 g/mol. The van der Waals surface area contributed by atoms with Crippen LogP contribution in [0.3, 0.4) is 0 Å². The van der Waals surface area contributed by atoms with Gasteiger partial charge >= 0.3 is 0 Å². The molecule has 6 heteroatoms. The summed E-state index contributed by atoms with van der Waals surface area (Å²) in [6.45, 7) is 5.36. The van der Waals surface area contributed by atoms with E-state index in [1.54, 1.807) is 0 Å². The van der Waals surface area contributed by atoms with Crippen LogP contribution in [0.25, 0.3) is 11.1 Å². The van der Waals surface area contributed by atoms with E-state index in [0.717, 1.165) is 12.1 Å². The van der Waals surface area contributed by atoms with E-state index in [4.69, 9.17) is 0 Å². The number of nitrogens with one attached hydrogen (secondary N) is 2. The van der Waals surface area contributed by atoms with Gasteiger partial charge in [-0.2, -0.15) is 0 Å². The fraction of sp³-hybridized carbons (Fsp3) is 0.381. The van der Waals surface area contributed by atoms with Gasteiger partial charge < -0.3 is 10.6 Å². The highest BCUT2D eigenvalue weighted by Crippen LogP contribution is 2.21. The first-order valence-electron chi connectivity index (χ1n) is 9.36. The number of benzene rings is 2. The minimum absolute atomic E-state index is 0.0635. The molecule has 1 heterocycles. The SMILES string of the molecule is CCNC(=NCc1cccc(-c2cccc(C)c2)c1)NC1CCS(=O)(=O)C1. The Morgan fingerprint density at radius 1 is 1.15 bits per heavy atom. The zero-order valence-corrected chi connectivity index (χ0v) is 16.7. The standard InChI is InChI=1S/C21H27N3O2S/c1-3-22-21(24-20-10-11-27(25,26)15-20)23-14-17-7-5-9-19(13-17)18-8-4-6-16(2)12-18/h4-9,12-13,20H,3,10-11,14-15H2,1-2H3,(H2,22,23,24). The van der Waals surface area contributed by atoms with Crippen LogP contribution in [0.15, 0.2) is 53.5 Å². The molecule has 1 aliphatic heterocycles. The van der Waals surface area contributed by atoms with Crippen molar-refractivity contribution in [1.82, 2.24) is 10.6 Å². The molecule has 5 nitrogen and oxygen atoms in total. The maximum absolute atomic E-state index is 11.7. The largest absolute Gasteiger partial charge is 0.357 e. The molecular formula is C21H27N3O2S. The van der Waals surface area contributed by atoms with Gasteiger partial charge in [0.1, 0.15) is 0 Å². The quantitative estimate of drug-likeness (QED) is 0.613. The van der Waals surface area contributed by atoms with Crippen LogP contribution < -0.4 is 10.6 Å². The lowest BCUT2D eigenvalue weighted by atomic mass is 10.0. The minimum Gasteiger partial charge on any atom is -0.357 e. The van der Waals surface area contributed by atoms with Crippen molar-refractivity contribution in [2.75, 3.05) is 18.1 Å². The van der Waals surface area contributed by atoms with Gasteiger partial charge in [-0.1, -0.05) is 48.0 Å². The van der Waals surface area contributed by atoms with Gasteiger partial charge in [0.25, 0.3) is 0 Å². The van der Waals surface area contributed by atoms with Crippen LogP contribution in [0.1, 0.15) is 24.5 Å². The fourth-order valence-corrected chi connectivity index (χ4v) is 4.94. The molecule has 144 valence electrons. The van der Waals surface area contributed by atoms with Crippen molar-refractivity contribution in [3.8, 4) is 11.1 Å². The number of rotatable bonds is 5. The van der Waals surface area contributed by atoms with E-state index in [-0.39, 0.29) is 17.5 Å². The van der Waals surface area contributed by atoms with Gasteiger partial charge in [-0.05, 0) is 43.0 Å². The molecule has 1 unspecified atom stereocenters. The van der Waals surface area contributed by atoms with Crippen LogP contribution in [0, 0.1) is 6.92 Å². The number of aliphatic imine (C=N–C) groups is 1. The molecule has 3 rings (SSSR count). The molecule has 0 amide bonds. The second-order valence-electron chi connectivity index (χ2n) is 7.01. The molecule has 1 fully saturated rings. The Bertz CT molecular complexity index is 923. The van der Waals surface area contributed by atoms with E-state index in [1.807, 2.05) is 13.0 Å². The maximum Gasteiger partial charge on any atom is 0.191 e. The predicted octanol–water partition coefficient (Wildman–Crippen LogP) is 2.90. The second kappa shape index (κ2) is 8.57. The number of aryl methyl sites for hydroxylation is 1. The smallest absolute Gasteiger partial charge is 0.191 e. The van der Waals surface area contributed by atoms with E-state index < -0.39 is 9.84 Å². The predicted molar refractivity (Wildman–Crippen MR) is 112 cm³/mol. The van der Waals surface area contributed by atoms with Crippen molar-refractivity contribution in [1.29, 1.82) is 0 Å². The van der Waals surface area contributed by atoms with E-state index >= 15 is 0 Å². The highest BCUT2D eigenvalue weighted by molar-refractivity contribution is 7.91. The van der Waals surface area contributed by atoms with E-state index in [9.17, 15) is 8.42 Å². The Hall–Kier alpha value is -2.34. The number of nitrogens with zero attached hydrogens (tertiary/aromatic N) is 1. The third kappa shape index (κ3) is 5.57. The molecule has 0 saturated carbocycles. The van der Waals surface area contributed by atoms with Crippen molar-refractivity contribution in [3.63, 3.8) is 0 Å². The first kappa shape index (κ1) is 19.4. The molecule has 0 aromatic heterocycles. The number of hydrogen-bond donors (Lipinski definition) is 2. The third-order valence-electron chi connectivity index (χ3n) is 4.62. The zero-order chi connectivity index (χ0) is 19.3. The molecule has 0 spiro atoms. The Balaban J connectivity index is 1.71. The first-order chi connectivity index (χ1) is 12.9. The highest BCUT2D eigenvalue weighted by atomic mass is 32.2. The van der Waals surface area contributed by atoms with Crippen LogP contribution in [0.4, 0.5) is 0 Å². The molecular weight excluding hydrogens is 358 g/mol. The molecule has 0 bridgehead atoms.